The van der Waals surface area contributed by atoms with Gasteiger partial charge in [-0.15, -0.1) is 0 Å². The Hall–Kier alpha value is -1.79. The minimum absolute atomic E-state index is 0.0455. The van der Waals surface area contributed by atoms with Crippen molar-refractivity contribution < 1.29 is 15.0 Å². The molecule has 3 N–H and O–H groups in total. The van der Waals surface area contributed by atoms with Crippen LogP contribution >= 0.6 is 11.8 Å². The summed E-state index contributed by atoms with van der Waals surface area (Å²) in [6.45, 7) is 0.920. The van der Waals surface area contributed by atoms with Crippen molar-refractivity contribution in [3.63, 3.8) is 0 Å². The van der Waals surface area contributed by atoms with Crippen molar-refractivity contribution in [2.24, 2.45) is 0 Å². The summed E-state index contributed by atoms with van der Waals surface area (Å²) in [5.41, 5.74) is 0.0455. The zero-order valence-electron chi connectivity index (χ0n) is 11.6. The molecule has 0 bridgehead atoms. The van der Waals surface area contributed by atoms with E-state index in [2.05, 4.69) is 10.3 Å². The topological polar surface area (TPSA) is 82.5 Å². The van der Waals surface area contributed by atoms with Crippen LogP contribution in [0.3, 0.4) is 0 Å². The molecule has 0 saturated heterocycles. The van der Waals surface area contributed by atoms with Crippen LogP contribution in [0.4, 0.5) is 5.82 Å². The molecule has 21 heavy (non-hydrogen) atoms. The predicted molar refractivity (Wildman–Crippen MR) is 86.2 cm³/mol. The normalized spacial score (nSPS) is 10.7. The summed E-state index contributed by atoms with van der Waals surface area (Å²) < 4.78 is 0. The van der Waals surface area contributed by atoms with Gasteiger partial charge in [-0.2, -0.15) is 11.8 Å². The first-order valence-electron chi connectivity index (χ1n) is 6.78. The second-order valence-electron chi connectivity index (χ2n) is 4.50. The Labute approximate surface area is 127 Å². The third-order valence-corrected chi connectivity index (χ3v) is 4.02. The number of carbonyl (C=O) groups is 1. The minimum atomic E-state index is -1.03. The highest BCUT2D eigenvalue weighted by molar-refractivity contribution is 7.99. The highest BCUT2D eigenvalue weighted by Gasteiger charge is 2.10. The molecule has 6 heteroatoms. The zero-order chi connectivity index (χ0) is 15.1. The van der Waals surface area contributed by atoms with Crippen LogP contribution in [0.25, 0.3) is 10.8 Å². The number of fused-ring (bicyclic) bond motifs is 1. The molecule has 1 aromatic carbocycles. The first-order valence-corrected chi connectivity index (χ1v) is 7.93. The monoisotopic (exact) mass is 306 g/mol. The van der Waals surface area contributed by atoms with Gasteiger partial charge in [0.2, 0.25) is 0 Å². The highest BCUT2D eigenvalue weighted by atomic mass is 32.2. The van der Waals surface area contributed by atoms with Crippen molar-refractivity contribution in [1.82, 2.24) is 4.98 Å². The summed E-state index contributed by atoms with van der Waals surface area (Å²) in [7, 11) is 0. The molecule has 112 valence electrons. The number of hydrogen-bond donors (Lipinski definition) is 3. The van der Waals surface area contributed by atoms with Gasteiger partial charge >= 0.3 is 5.97 Å². The number of benzene rings is 1. The van der Waals surface area contributed by atoms with Crippen molar-refractivity contribution in [3.8, 4) is 0 Å². The number of carboxylic acid groups (broad SMARTS) is 1. The van der Waals surface area contributed by atoms with Crippen LogP contribution in [0.2, 0.25) is 0 Å². The number of aliphatic hydroxyl groups is 1. The number of nitrogens with one attached hydrogen (secondary N) is 1. The van der Waals surface area contributed by atoms with Crippen LogP contribution < -0.4 is 5.32 Å². The molecule has 0 aliphatic carbocycles. The third kappa shape index (κ3) is 4.34. The maximum Gasteiger partial charge on any atom is 0.354 e. The summed E-state index contributed by atoms with van der Waals surface area (Å²) in [5.74, 6) is 1.38. The van der Waals surface area contributed by atoms with E-state index in [1.54, 1.807) is 17.8 Å². The van der Waals surface area contributed by atoms with Gasteiger partial charge < -0.3 is 15.5 Å². The average molecular weight is 306 g/mol. The van der Waals surface area contributed by atoms with E-state index >= 15 is 0 Å². The Bertz CT molecular complexity index is 619. The maximum absolute atomic E-state index is 11.1. The molecule has 0 atom stereocenters. The first-order chi connectivity index (χ1) is 10.2. The number of thioether (sulfide) groups is 1. The quantitative estimate of drug-likeness (QED) is 0.650. The molecule has 0 saturated carbocycles. The number of rotatable bonds is 8. The van der Waals surface area contributed by atoms with Crippen LogP contribution in [0.1, 0.15) is 16.9 Å². The minimum Gasteiger partial charge on any atom is -0.477 e. The molecule has 2 aromatic rings. The van der Waals surface area contributed by atoms with E-state index < -0.39 is 5.97 Å². The van der Waals surface area contributed by atoms with E-state index in [9.17, 15) is 4.79 Å². The second kappa shape index (κ2) is 7.85. The lowest BCUT2D eigenvalue weighted by Gasteiger charge is -2.10. The lowest BCUT2D eigenvalue weighted by molar-refractivity contribution is 0.0691. The summed E-state index contributed by atoms with van der Waals surface area (Å²) in [6.07, 6.45) is 0.792. The number of pyridine rings is 1. The molecule has 1 heterocycles. The van der Waals surface area contributed by atoms with Crippen molar-refractivity contribution in [3.05, 3.63) is 36.0 Å². The van der Waals surface area contributed by atoms with E-state index in [4.69, 9.17) is 10.2 Å². The molecule has 0 radical (unpaired) electrons. The van der Waals surface area contributed by atoms with Gasteiger partial charge in [0.25, 0.3) is 0 Å². The highest BCUT2D eigenvalue weighted by Crippen LogP contribution is 2.22. The van der Waals surface area contributed by atoms with Crippen molar-refractivity contribution in [2.75, 3.05) is 30.0 Å². The van der Waals surface area contributed by atoms with E-state index in [0.717, 1.165) is 28.7 Å². The van der Waals surface area contributed by atoms with E-state index in [1.807, 2.05) is 24.3 Å². The molecular formula is C15H18N2O3S. The van der Waals surface area contributed by atoms with Gasteiger partial charge in [-0.25, -0.2) is 9.78 Å². The van der Waals surface area contributed by atoms with Crippen molar-refractivity contribution in [2.45, 2.75) is 6.42 Å². The van der Waals surface area contributed by atoms with Gasteiger partial charge in [-0.1, -0.05) is 24.3 Å². The van der Waals surface area contributed by atoms with E-state index in [1.165, 1.54) is 0 Å². The Balaban J connectivity index is 2.08. The van der Waals surface area contributed by atoms with Crippen LogP contribution in [0.15, 0.2) is 30.3 Å². The molecule has 0 unspecified atom stereocenters. The van der Waals surface area contributed by atoms with Gasteiger partial charge in [0, 0.05) is 24.3 Å². The van der Waals surface area contributed by atoms with Crippen LogP contribution in [-0.2, 0) is 0 Å². The summed E-state index contributed by atoms with van der Waals surface area (Å²) in [4.78, 5) is 15.3. The Kier molecular flexibility index (Phi) is 5.83. The number of anilines is 1. The molecule has 0 aliphatic rings. The fourth-order valence-corrected chi connectivity index (χ4v) is 2.74. The Morgan fingerprint density at radius 2 is 2.10 bits per heavy atom. The van der Waals surface area contributed by atoms with Gasteiger partial charge in [0.1, 0.15) is 5.82 Å². The van der Waals surface area contributed by atoms with Gasteiger partial charge in [0.05, 0.1) is 0 Å². The van der Waals surface area contributed by atoms with E-state index in [0.29, 0.717) is 12.4 Å². The fourth-order valence-electron chi connectivity index (χ4n) is 1.95. The summed E-state index contributed by atoms with van der Waals surface area (Å²) >= 11 is 1.75. The van der Waals surface area contributed by atoms with Crippen LogP contribution in [0, 0.1) is 0 Å². The molecule has 0 spiro atoms. The number of aliphatic hydroxyl groups excluding tert-OH is 1. The van der Waals surface area contributed by atoms with Gasteiger partial charge in [0.15, 0.2) is 5.69 Å². The lowest BCUT2D eigenvalue weighted by Crippen LogP contribution is -2.09. The molecule has 2 rings (SSSR count). The van der Waals surface area contributed by atoms with Crippen LogP contribution in [-0.4, -0.2) is 45.8 Å². The van der Waals surface area contributed by atoms with Crippen molar-refractivity contribution in [1.29, 1.82) is 0 Å². The van der Waals surface area contributed by atoms with Gasteiger partial charge in [-0.3, -0.25) is 0 Å². The fraction of sp³-hybridized carbons (Fsp3) is 0.333. The van der Waals surface area contributed by atoms with E-state index in [-0.39, 0.29) is 12.3 Å². The molecular weight excluding hydrogens is 288 g/mol. The lowest BCUT2D eigenvalue weighted by atomic mass is 10.1. The average Bonchev–Trinajstić information content (AvgIpc) is 2.50. The molecule has 1 aromatic heterocycles. The first kappa shape index (κ1) is 15.6. The largest absolute Gasteiger partial charge is 0.477 e. The standard InChI is InChI=1S/C15H18N2O3S/c18-7-3-8-21-9-6-16-14-12-5-2-1-4-11(12)10-13(17-14)15(19)20/h1-2,4-5,10,18H,3,6-9H2,(H,16,17)(H,19,20). The third-order valence-electron chi connectivity index (χ3n) is 2.95. The molecule has 0 fully saturated rings. The number of carboxylic acids is 1. The Morgan fingerprint density at radius 1 is 1.29 bits per heavy atom. The van der Waals surface area contributed by atoms with Crippen molar-refractivity contribution >= 4 is 34.3 Å². The predicted octanol–water partition coefficient (Wildman–Crippen LogP) is 2.46. The maximum atomic E-state index is 11.1. The number of nitrogens with zero attached hydrogens (tertiary/aromatic N) is 1. The van der Waals surface area contributed by atoms with Crippen LogP contribution in [0.5, 0.6) is 0 Å². The molecule has 0 aliphatic heterocycles. The second-order valence-corrected chi connectivity index (χ2v) is 5.72. The number of aromatic carboxylic acids is 1. The smallest absolute Gasteiger partial charge is 0.354 e. The molecule has 0 amide bonds. The number of aromatic nitrogens is 1. The summed E-state index contributed by atoms with van der Waals surface area (Å²) in [6, 6.07) is 9.17. The summed E-state index contributed by atoms with van der Waals surface area (Å²) in [5, 5.41) is 22.8. The van der Waals surface area contributed by atoms with Gasteiger partial charge in [-0.05, 0) is 23.6 Å². The zero-order valence-corrected chi connectivity index (χ0v) is 12.4. The SMILES string of the molecule is O=C(O)c1cc2ccccc2c(NCCSCCCO)n1. The number of hydrogen-bond acceptors (Lipinski definition) is 5. The molecule has 5 nitrogen and oxygen atoms in total. The Morgan fingerprint density at radius 3 is 2.86 bits per heavy atom.